The molecular formula is C40H29Cl. The third-order valence-corrected chi connectivity index (χ3v) is 9.73. The van der Waals surface area contributed by atoms with Crippen LogP contribution in [0.3, 0.4) is 0 Å². The van der Waals surface area contributed by atoms with Crippen LogP contribution < -0.4 is 0 Å². The maximum atomic E-state index is 7.24. The first-order valence-corrected chi connectivity index (χ1v) is 14.7. The number of fused-ring (bicyclic) bond motifs is 9. The van der Waals surface area contributed by atoms with E-state index < -0.39 is 5.41 Å². The van der Waals surface area contributed by atoms with E-state index in [9.17, 15) is 0 Å². The highest BCUT2D eigenvalue weighted by atomic mass is 35.5. The summed E-state index contributed by atoms with van der Waals surface area (Å²) in [5.74, 6) is 0. The van der Waals surface area contributed by atoms with Crippen molar-refractivity contribution >= 4 is 11.6 Å². The Morgan fingerprint density at radius 2 is 0.927 bits per heavy atom. The lowest BCUT2D eigenvalue weighted by Gasteiger charge is -2.47. The van der Waals surface area contributed by atoms with Crippen LogP contribution in [0, 0.1) is 0 Å². The summed E-state index contributed by atoms with van der Waals surface area (Å²) in [5, 5.41) is 0.814. The molecular weight excluding hydrogens is 516 g/mol. The highest BCUT2D eigenvalue weighted by Crippen LogP contribution is 2.63. The van der Waals surface area contributed by atoms with Gasteiger partial charge in [0.25, 0.3) is 0 Å². The molecule has 196 valence electrons. The lowest BCUT2D eigenvalue weighted by Crippen LogP contribution is -2.41. The second-order valence-corrected chi connectivity index (χ2v) is 12.2. The molecule has 0 bridgehead atoms. The van der Waals surface area contributed by atoms with E-state index in [1.807, 2.05) is 0 Å². The van der Waals surface area contributed by atoms with Crippen LogP contribution in [0.25, 0.3) is 33.4 Å². The quantitative estimate of drug-likeness (QED) is 0.203. The molecule has 0 N–H and O–H groups in total. The van der Waals surface area contributed by atoms with E-state index in [0.29, 0.717) is 0 Å². The molecule has 8 rings (SSSR count). The summed E-state index contributed by atoms with van der Waals surface area (Å²) in [7, 11) is 0. The lowest BCUT2D eigenvalue weighted by molar-refractivity contribution is 0.564. The van der Waals surface area contributed by atoms with Gasteiger partial charge in [0.15, 0.2) is 0 Å². The van der Waals surface area contributed by atoms with E-state index in [4.69, 9.17) is 11.6 Å². The normalized spacial score (nSPS) is 15.1. The van der Waals surface area contributed by atoms with Crippen LogP contribution >= 0.6 is 11.6 Å². The predicted octanol–water partition coefficient (Wildman–Crippen LogP) is 10.7. The van der Waals surface area contributed by atoms with E-state index >= 15 is 0 Å². The molecule has 1 spiro atoms. The Balaban J connectivity index is 1.52. The van der Waals surface area contributed by atoms with Crippen LogP contribution in [-0.4, -0.2) is 0 Å². The third-order valence-electron chi connectivity index (χ3n) is 9.42. The van der Waals surface area contributed by atoms with Crippen molar-refractivity contribution < 1.29 is 0 Å². The molecule has 0 atom stereocenters. The highest BCUT2D eigenvalue weighted by Gasteiger charge is 2.54. The van der Waals surface area contributed by atoms with Crippen molar-refractivity contribution in [3.63, 3.8) is 0 Å². The molecule has 41 heavy (non-hydrogen) atoms. The Morgan fingerprint density at radius 1 is 0.415 bits per heavy atom. The van der Waals surface area contributed by atoms with Gasteiger partial charge in [-0.25, -0.2) is 0 Å². The molecule has 0 aromatic heterocycles. The first-order valence-electron chi connectivity index (χ1n) is 14.3. The Morgan fingerprint density at radius 3 is 1.51 bits per heavy atom. The molecule has 0 saturated heterocycles. The molecule has 0 heterocycles. The van der Waals surface area contributed by atoms with E-state index in [2.05, 4.69) is 153 Å². The Kier molecular flexibility index (Phi) is 5.24. The summed E-state index contributed by atoms with van der Waals surface area (Å²) in [6, 6.07) is 50.9. The van der Waals surface area contributed by atoms with Crippen molar-refractivity contribution in [2.45, 2.75) is 24.7 Å². The second-order valence-electron chi connectivity index (χ2n) is 11.8. The summed E-state index contributed by atoms with van der Waals surface area (Å²) in [6.07, 6.45) is 0. The Bertz CT molecular complexity index is 1870. The average molecular weight is 545 g/mol. The Labute approximate surface area is 246 Å². The lowest BCUT2D eigenvalue weighted by atomic mass is 9.55. The summed E-state index contributed by atoms with van der Waals surface area (Å²) >= 11 is 7.24. The smallest absolute Gasteiger partial charge is 0.0734 e. The van der Waals surface area contributed by atoms with Crippen LogP contribution in [0.15, 0.2) is 140 Å². The SMILES string of the molecule is CC1(C)c2cc(-c3ccccc3)ccc2C2(c3ccccc3-c3cccc(Cl)c32)c2ccc(-c3ccccc3)cc21. The predicted molar refractivity (Wildman–Crippen MR) is 172 cm³/mol. The molecule has 0 unspecified atom stereocenters. The minimum atomic E-state index is -0.505. The monoisotopic (exact) mass is 544 g/mol. The summed E-state index contributed by atoms with van der Waals surface area (Å²) in [5.41, 5.74) is 14.5. The van der Waals surface area contributed by atoms with Gasteiger partial charge in [0.05, 0.1) is 5.41 Å². The molecule has 2 aliphatic rings. The first-order chi connectivity index (χ1) is 20.0. The number of hydrogen-bond acceptors (Lipinski definition) is 0. The van der Waals surface area contributed by atoms with Gasteiger partial charge >= 0.3 is 0 Å². The molecule has 0 radical (unpaired) electrons. The van der Waals surface area contributed by atoms with Crippen molar-refractivity contribution in [2.24, 2.45) is 0 Å². The van der Waals surface area contributed by atoms with E-state index in [1.54, 1.807) is 0 Å². The highest BCUT2D eigenvalue weighted by molar-refractivity contribution is 6.32. The van der Waals surface area contributed by atoms with Gasteiger partial charge in [-0.05, 0) is 85.0 Å². The minimum absolute atomic E-state index is 0.232. The maximum absolute atomic E-state index is 7.24. The zero-order valence-corrected chi connectivity index (χ0v) is 23.9. The largest absolute Gasteiger partial charge is 0.0840 e. The van der Waals surface area contributed by atoms with Gasteiger partial charge in [0, 0.05) is 10.4 Å². The standard InChI is InChI=1S/C40H29Cl/c1-39(2)35-24-28(26-12-5-3-6-13-26)20-22-33(35)40(34-23-21-29(25-36(34)39)27-14-7-4-8-15-27)32-18-10-9-16-30(32)31-17-11-19-37(41)38(31)40/h3-25H,1-2H3. The maximum Gasteiger partial charge on any atom is 0.0734 e. The van der Waals surface area contributed by atoms with Crippen LogP contribution in [0.1, 0.15) is 47.2 Å². The van der Waals surface area contributed by atoms with Crippen LogP contribution in [0.5, 0.6) is 0 Å². The summed E-state index contributed by atoms with van der Waals surface area (Å²) in [6.45, 7) is 4.77. The van der Waals surface area contributed by atoms with Crippen molar-refractivity contribution in [3.8, 4) is 33.4 Å². The number of halogens is 1. The van der Waals surface area contributed by atoms with Crippen molar-refractivity contribution in [1.29, 1.82) is 0 Å². The Hall–Kier alpha value is -4.39. The van der Waals surface area contributed by atoms with Gasteiger partial charge in [0.2, 0.25) is 0 Å². The van der Waals surface area contributed by atoms with E-state index in [-0.39, 0.29) is 5.41 Å². The summed E-state index contributed by atoms with van der Waals surface area (Å²) < 4.78 is 0. The van der Waals surface area contributed by atoms with Crippen molar-refractivity contribution in [3.05, 3.63) is 178 Å². The molecule has 2 aliphatic carbocycles. The van der Waals surface area contributed by atoms with Gasteiger partial charge in [-0.15, -0.1) is 0 Å². The van der Waals surface area contributed by atoms with Crippen LogP contribution in [-0.2, 0) is 10.8 Å². The molecule has 0 aliphatic heterocycles. The average Bonchev–Trinajstić information content (AvgIpc) is 3.33. The topological polar surface area (TPSA) is 0 Å². The molecule has 0 fully saturated rings. The number of hydrogen-bond donors (Lipinski definition) is 0. The van der Waals surface area contributed by atoms with Crippen molar-refractivity contribution in [1.82, 2.24) is 0 Å². The zero-order chi connectivity index (χ0) is 27.8. The fraction of sp³-hybridized carbons (Fsp3) is 0.100. The van der Waals surface area contributed by atoms with Crippen LogP contribution in [0.4, 0.5) is 0 Å². The molecule has 0 nitrogen and oxygen atoms in total. The van der Waals surface area contributed by atoms with Gasteiger partial charge in [-0.1, -0.05) is 147 Å². The van der Waals surface area contributed by atoms with Gasteiger partial charge in [0.1, 0.15) is 0 Å². The minimum Gasteiger partial charge on any atom is -0.0840 e. The fourth-order valence-corrected chi connectivity index (χ4v) is 7.87. The van der Waals surface area contributed by atoms with Gasteiger partial charge in [-0.3, -0.25) is 0 Å². The first kappa shape index (κ1) is 24.4. The van der Waals surface area contributed by atoms with Gasteiger partial charge < -0.3 is 0 Å². The molecule has 0 amide bonds. The molecule has 6 aromatic rings. The number of benzene rings is 6. The number of rotatable bonds is 2. The van der Waals surface area contributed by atoms with Gasteiger partial charge in [-0.2, -0.15) is 0 Å². The second kappa shape index (κ2) is 8.80. The van der Waals surface area contributed by atoms with Crippen LogP contribution in [0.2, 0.25) is 5.02 Å². The zero-order valence-electron chi connectivity index (χ0n) is 23.2. The van der Waals surface area contributed by atoms with E-state index in [0.717, 1.165) is 5.02 Å². The van der Waals surface area contributed by atoms with Crippen molar-refractivity contribution in [2.75, 3.05) is 0 Å². The third kappa shape index (κ3) is 3.29. The molecule has 6 aromatic carbocycles. The van der Waals surface area contributed by atoms with E-state index in [1.165, 1.54) is 66.8 Å². The fourth-order valence-electron chi connectivity index (χ4n) is 7.56. The summed E-state index contributed by atoms with van der Waals surface area (Å²) in [4.78, 5) is 0. The molecule has 1 heteroatoms. The molecule has 0 saturated carbocycles.